The molecule has 0 saturated carbocycles. The Labute approximate surface area is 190 Å². The molecule has 12 heteroatoms. The summed E-state index contributed by atoms with van der Waals surface area (Å²) in [5.74, 6) is -0.595. The van der Waals surface area contributed by atoms with Gasteiger partial charge in [-0.3, -0.25) is 0 Å². The van der Waals surface area contributed by atoms with Gasteiger partial charge in [-0.15, -0.1) is 0 Å². The maximum absolute atomic E-state index is 13.9. The lowest BCUT2D eigenvalue weighted by Gasteiger charge is -2.46. The van der Waals surface area contributed by atoms with Crippen LogP contribution in [0.1, 0.15) is 30.1 Å². The van der Waals surface area contributed by atoms with Crippen molar-refractivity contribution >= 4 is 16.9 Å². The first-order valence-electron chi connectivity index (χ1n) is 10.8. The summed E-state index contributed by atoms with van der Waals surface area (Å²) in [5, 5.41) is 15.0. The third-order valence-corrected chi connectivity index (χ3v) is 6.76. The van der Waals surface area contributed by atoms with E-state index < -0.39 is 41.5 Å². The van der Waals surface area contributed by atoms with Crippen molar-refractivity contribution in [2.24, 2.45) is 5.92 Å². The minimum absolute atomic E-state index is 0.0176. The van der Waals surface area contributed by atoms with Gasteiger partial charge < -0.3 is 29.6 Å². The summed E-state index contributed by atoms with van der Waals surface area (Å²) >= 11 is 0. The van der Waals surface area contributed by atoms with E-state index in [9.17, 15) is 22.7 Å². The number of benzene rings is 1. The van der Waals surface area contributed by atoms with Crippen molar-refractivity contribution in [3.8, 4) is 5.75 Å². The second kappa shape index (κ2) is 7.52. The lowest BCUT2D eigenvalue weighted by molar-refractivity contribution is -0.182. The van der Waals surface area contributed by atoms with E-state index in [-0.39, 0.29) is 36.0 Å². The van der Waals surface area contributed by atoms with Gasteiger partial charge in [0.1, 0.15) is 35.1 Å². The normalized spacial score (nSPS) is 30.7. The molecule has 3 N–H and O–H groups in total. The number of hydrogen-bond acceptors (Lipinski definition) is 7. The standard InChI is InChI=1S/C22H20F4N4O4/c23-10-1-2-12-15(3-10)32-8-14(21(31)5-11-7-33-17(6-21)34-11)18(12)30-20-13-4-16(22(24,25)26)29-19(13)27-9-28-20/h1-4,9,11,14,17-18,31H,5-8H2,(H2,27,28,29,30)/t11-,14+,17+,18+,21-/m1/s1. The predicted octanol–water partition coefficient (Wildman–Crippen LogP) is 3.54. The Bertz CT molecular complexity index is 1240. The van der Waals surface area contributed by atoms with Gasteiger partial charge in [0.05, 0.1) is 36.3 Å². The summed E-state index contributed by atoms with van der Waals surface area (Å²) in [7, 11) is 0. The number of nitrogens with one attached hydrogen (secondary N) is 2. The molecule has 1 aromatic carbocycles. The van der Waals surface area contributed by atoms with Gasteiger partial charge in [-0.05, 0) is 12.1 Å². The van der Waals surface area contributed by atoms with Crippen molar-refractivity contribution in [2.45, 2.75) is 43.1 Å². The Hall–Kier alpha value is -2.96. The molecule has 0 radical (unpaired) electrons. The maximum Gasteiger partial charge on any atom is 0.431 e. The van der Waals surface area contributed by atoms with Crippen molar-refractivity contribution in [2.75, 3.05) is 18.5 Å². The van der Waals surface area contributed by atoms with Gasteiger partial charge >= 0.3 is 6.18 Å². The monoisotopic (exact) mass is 480 g/mol. The number of rotatable bonds is 3. The maximum atomic E-state index is 13.9. The summed E-state index contributed by atoms with van der Waals surface area (Å²) in [6.07, 6.45) is -3.76. The highest BCUT2D eigenvalue weighted by Gasteiger charge is 2.53. The number of nitrogens with zero attached hydrogens (tertiary/aromatic N) is 2. The highest BCUT2D eigenvalue weighted by atomic mass is 19.4. The van der Waals surface area contributed by atoms with Crippen LogP contribution >= 0.6 is 0 Å². The topological polar surface area (TPSA) is 102 Å². The van der Waals surface area contributed by atoms with Crippen LogP contribution in [0.15, 0.2) is 30.6 Å². The largest absolute Gasteiger partial charge is 0.493 e. The number of hydrogen-bond donors (Lipinski definition) is 3. The molecular weight excluding hydrogens is 460 g/mol. The number of aromatic amines is 1. The third-order valence-electron chi connectivity index (χ3n) is 6.76. The number of alkyl halides is 3. The minimum Gasteiger partial charge on any atom is -0.493 e. The van der Waals surface area contributed by atoms with Crippen LogP contribution in [0.5, 0.6) is 5.75 Å². The number of ether oxygens (including phenoxy) is 3. The molecule has 180 valence electrons. The zero-order chi connectivity index (χ0) is 23.7. The Morgan fingerprint density at radius 2 is 2.00 bits per heavy atom. The molecule has 34 heavy (non-hydrogen) atoms. The van der Waals surface area contributed by atoms with E-state index in [1.807, 2.05) is 0 Å². The highest BCUT2D eigenvalue weighted by molar-refractivity contribution is 5.88. The van der Waals surface area contributed by atoms with E-state index in [1.165, 1.54) is 12.1 Å². The fourth-order valence-electron chi connectivity index (χ4n) is 5.17. The summed E-state index contributed by atoms with van der Waals surface area (Å²) in [5.41, 5.74) is -1.63. The summed E-state index contributed by atoms with van der Waals surface area (Å²) in [6.45, 7) is 0.426. The fraction of sp³-hybridized carbons (Fsp3) is 0.455. The third kappa shape index (κ3) is 3.56. The van der Waals surface area contributed by atoms with Gasteiger partial charge in [-0.1, -0.05) is 6.07 Å². The van der Waals surface area contributed by atoms with Gasteiger partial charge in [0.15, 0.2) is 6.29 Å². The van der Waals surface area contributed by atoms with E-state index in [0.717, 1.165) is 12.4 Å². The van der Waals surface area contributed by atoms with E-state index in [1.54, 1.807) is 6.07 Å². The average Bonchev–Trinajstić information content (AvgIpc) is 3.37. The second-order valence-electron chi connectivity index (χ2n) is 8.92. The first-order chi connectivity index (χ1) is 16.2. The van der Waals surface area contributed by atoms with Crippen molar-refractivity contribution < 1.29 is 36.9 Å². The number of anilines is 1. The summed E-state index contributed by atoms with van der Waals surface area (Å²) in [6, 6.07) is 4.35. The number of aliphatic hydroxyl groups is 1. The Morgan fingerprint density at radius 3 is 2.79 bits per heavy atom. The number of fused-ring (bicyclic) bond motifs is 4. The van der Waals surface area contributed by atoms with Crippen LogP contribution in [-0.2, 0) is 15.7 Å². The molecule has 0 unspecified atom stereocenters. The molecule has 5 atom stereocenters. The molecule has 2 fully saturated rings. The van der Waals surface area contributed by atoms with Crippen LogP contribution in [0.3, 0.4) is 0 Å². The van der Waals surface area contributed by atoms with Gasteiger partial charge in [0.25, 0.3) is 0 Å². The average molecular weight is 480 g/mol. The molecular formula is C22H20F4N4O4. The fourth-order valence-corrected chi connectivity index (χ4v) is 5.17. The quantitative estimate of drug-likeness (QED) is 0.493. The molecule has 2 aromatic heterocycles. The van der Waals surface area contributed by atoms with Crippen LogP contribution in [0.25, 0.3) is 11.0 Å². The molecule has 8 nitrogen and oxygen atoms in total. The number of halogens is 4. The van der Waals surface area contributed by atoms with E-state index in [0.29, 0.717) is 24.3 Å². The first kappa shape index (κ1) is 21.6. The van der Waals surface area contributed by atoms with E-state index in [4.69, 9.17) is 14.2 Å². The first-order valence-corrected chi connectivity index (χ1v) is 10.8. The van der Waals surface area contributed by atoms with Gasteiger partial charge in [0.2, 0.25) is 0 Å². The van der Waals surface area contributed by atoms with Crippen molar-refractivity contribution in [3.63, 3.8) is 0 Å². The van der Waals surface area contributed by atoms with Crippen molar-refractivity contribution in [3.05, 3.63) is 47.7 Å². The molecule has 2 bridgehead atoms. The van der Waals surface area contributed by atoms with Crippen molar-refractivity contribution in [1.82, 2.24) is 15.0 Å². The summed E-state index contributed by atoms with van der Waals surface area (Å²) in [4.78, 5) is 10.4. The highest BCUT2D eigenvalue weighted by Crippen LogP contribution is 2.48. The predicted molar refractivity (Wildman–Crippen MR) is 109 cm³/mol. The lowest BCUT2D eigenvalue weighted by Crippen LogP contribution is -2.53. The summed E-state index contributed by atoms with van der Waals surface area (Å²) < 4.78 is 70.8. The lowest BCUT2D eigenvalue weighted by atomic mass is 9.73. The number of H-pyrrole nitrogens is 1. The van der Waals surface area contributed by atoms with Crippen molar-refractivity contribution in [1.29, 1.82) is 0 Å². The van der Waals surface area contributed by atoms with E-state index in [2.05, 4.69) is 20.3 Å². The van der Waals surface area contributed by atoms with E-state index >= 15 is 0 Å². The zero-order valence-corrected chi connectivity index (χ0v) is 17.6. The Balaban J connectivity index is 1.42. The second-order valence-corrected chi connectivity index (χ2v) is 8.92. The molecule has 2 saturated heterocycles. The Morgan fingerprint density at radius 1 is 1.15 bits per heavy atom. The molecule has 3 aromatic rings. The number of aromatic nitrogens is 3. The molecule has 3 aliphatic heterocycles. The van der Waals surface area contributed by atoms with Crippen LogP contribution in [0, 0.1) is 11.7 Å². The van der Waals surface area contributed by atoms with Crippen LogP contribution in [0.4, 0.5) is 23.4 Å². The van der Waals surface area contributed by atoms with Gasteiger partial charge in [-0.25, -0.2) is 14.4 Å². The molecule has 3 aliphatic rings. The van der Waals surface area contributed by atoms with Gasteiger partial charge in [0, 0.05) is 30.4 Å². The molecule has 0 amide bonds. The molecule has 5 heterocycles. The molecule has 0 spiro atoms. The molecule has 6 rings (SSSR count). The zero-order valence-electron chi connectivity index (χ0n) is 17.6. The van der Waals surface area contributed by atoms with Crippen LogP contribution < -0.4 is 10.1 Å². The van der Waals surface area contributed by atoms with Crippen LogP contribution in [0.2, 0.25) is 0 Å². The minimum atomic E-state index is -4.58. The Kier molecular flexibility index (Phi) is 4.77. The van der Waals surface area contributed by atoms with Crippen LogP contribution in [-0.4, -0.2) is 51.3 Å². The van der Waals surface area contributed by atoms with Gasteiger partial charge in [-0.2, -0.15) is 13.2 Å². The molecule has 0 aliphatic carbocycles. The SMILES string of the molecule is O[C@]1([C@H]2COc3cc(F)ccc3[C@@H]2Nc2ncnc3[nH]c(C(F)(F)F)cc23)C[C@@H]2CO[C@H](C1)O2. The smallest absolute Gasteiger partial charge is 0.431 e.